The van der Waals surface area contributed by atoms with E-state index in [0.717, 1.165) is 16.3 Å². The minimum Gasteiger partial charge on any atom is -0.485 e. The number of hydrogen-bond acceptors (Lipinski definition) is 5. The SMILES string of the molecule is C=CCNC(=O)C1COc2ccc(-c3csc(C)n3)cc2O1. The molecule has 0 spiro atoms. The summed E-state index contributed by atoms with van der Waals surface area (Å²) in [5, 5.41) is 5.71. The molecule has 0 fully saturated rings. The summed E-state index contributed by atoms with van der Waals surface area (Å²) in [6, 6.07) is 5.64. The van der Waals surface area contributed by atoms with Crippen LogP contribution in [0.4, 0.5) is 0 Å². The van der Waals surface area contributed by atoms with Gasteiger partial charge in [-0.3, -0.25) is 4.79 Å². The number of hydrogen-bond donors (Lipinski definition) is 1. The third kappa shape index (κ3) is 2.96. The quantitative estimate of drug-likeness (QED) is 0.881. The Bertz CT molecular complexity index is 711. The first-order chi connectivity index (χ1) is 10.7. The average molecular weight is 316 g/mol. The van der Waals surface area contributed by atoms with Crippen molar-refractivity contribution in [2.24, 2.45) is 0 Å². The second kappa shape index (κ2) is 6.19. The minimum atomic E-state index is -0.653. The Morgan fingerprint density at radius 1 is 1.55 bits per heavy atom. The summed E-state index contributed by atoms with van der Waals surface area (Å²) in [4.78, 5) is 16.4. The molecule has 2 heterocycles. The van der Waals surface area contributed by atoms with Gasteiger partial charge in [0.2, 0.25) is 6.10 Å². The van der Waals surface area contributed by atoms with E-state index in [9.17, 15) is 4.79 Å². The molecule has 2 aromatic rings. The van der Waals surface area contributed by atoms with Crippen LogP contribution in [0.5, 0.6) is 11.5 Å². The summed E-state index contributed by atoms with van der Waals surface area (Å²) >= 11 is 1.59. The number of carbonyl (C=O) groups is 1. The highest BCUT2D eigenvalue weighted by Gasteiger charge is 2.27. The number of thiazole rings is 1. The molecule has 1 N–H and O–H groups in total. The van der Waals surface area contributed by atoms with Gasteiger partial charge in [0, 0.05) is 17.5 Å². The topological polar surface area (TPSA) is 60.5 Å². The zero-order valence-electron chi connectivity index (χ0n) is 12.2. The lowest BCUT2D eigenvalue weighted by atomic mass is 10.1. The summed E-state index contributed by atoms with van der Waals surface area (Å²) < 4.78 is 11.4. The van der Waals surface area contributed by atoms with Crippen molar-refractivity contribution in [2.75, 3.05) is 13.2 Å². The molecular formula is C16H16N2O3S. The third-order valence-corrected chi connectivity index (χ3v) is 4.00. The van der Waals surface area contributed by atoms with Gasteiger partial charge in [0.25, 0.3) is 5.91 Å². The van der Waals surface area contributed by atoms with Gasteiger partial charge >= 0.3 is 0 Å². The van der Waals surface area contributed by atoms with Crippen molar-refractivity contribution in [3.63, 3.8) is 0 Å². The number of ether oxygens (including phenoxy) is 2. The molecule has 0 saturated carbocycles. The molecule has 5 nitrogen and oxygen atoms in total. The lowest BCUT2D eigenvalue weighted by molar-refractivity contribution is -0.130. The van der Waals surface area contributed by atoms with Crippen LogP contribution in [-0.2, 0) is 4.79 Å². The monoisotopic (exact) mass is 316 g/mol. The van der Waals surface area contributed by atoms with E-state index in [1.165, 1.54) is 0 Å². The zero-order chi connectivity index (χ0) is 15.5. The second-order valence-corrected chi connectivity index (χ2v) is 5.93. The highest BCUT2D eigenvalue weighted by atomic mass is 32.1. The molecule has 1 atom stereocenters. The van der Waals surface area contributed by atoms with E-state index >= 15 is 0 Å². The van der Waals surface area contributed by atoms with E-state index in [0.29, 0.717) is 18.0 Å². The van der Waals surface area contributed by atoms with Gasteiger partial charge in [0.05, 0.1) is 10.7 Å². The molecule has 0 radical (unpaired) electrons. The van der Waals surface area contributed by atoms with Crippen LogP contribution in [-0.4, -0.2) is 30.1 Å². The van der Waals surface area contributed by atoms with Crippen molar-refractivity contribution in [3.05, 3.63) is 41.2 Å². The molecule has 0 bridgehead atoms. The summed E-state index contributed by atoms with van der Waals surface area (Å²) in [7, 11) is 0. The molecular weight excluding hydrogens is 300 g/mol. The average Bonchev–Trinajstić information content (AvgIpc) is 2.98. The van der Waals surface area contributed by atoms with Gasteiger partial charge in [0.15, 0.2) is 11.5 Å². The van der Waals surface area contributed by atoms with E-state index in [4.69, 9.17) is 9.47 Å². The van der Waals surface area contributed by atoms with E-state index in [1.807, 2.05) is 30.5 Å². The smallest absolute Gasteiger partial charge is 0.264 e. The van der Waals surface area contributed by atoms with Crippen molar-refractivity contribution >= 4 is 17.2 Å². The number of amides is 1. The van der Waals surface area contributed by atoms with Crippen LogP contribution in [0.1, 0.15) is 5.01 Å². The number of aromatic nitrogens is 1. The fourth-order valence-electron chi connectivity index (χ4n) is 2.14. The van der Waals surface area contributed by atoms with E-state index < -0.39 is 6.10 Å². The van der Waals surface area contributed by atoms with Gasteiger partial charge in [-0.05, 0) is 25.1 Å². The Morgan fingerprint density at radius 3 is 3.14 bits per heavy atom. The molecule has 22 heavy (non-hydrogen) atoms. The van der Waals surface area contributed by atoms with Gasteiger partial charge in [-0.15, -0.1) is 17.9 Å². The summed E-state index contributed by atoms with van der Waals surface area (Å²) in [5.74, 6) is 0.997. The molecule has 114 valence electrons. The first-order valence-electron chi connectivity index (χ1n) is 6.92. The molecule has 1 amide bonds. The molecule has 1 aromatic carbocycles. The molecule has 1 aromatic heterocycles. The van der Waals surface area contributed by atoms with Crippen molar-refractivity contribution in [1.82, 2.24) is 10.3 Å². The minimum absolute atomic E-state index is 0.200. The Kier molecular flexibility index (Phi) is 4.11. The normalized spacial score (nSPS) is 16.1. The first kappa shape index (κ1) is 14.6. The van der Waals surface area contributed by atoms with Gasteiger partial charge in [0.1, 0.15) is 6.61 Å². The maximum atomic E-state index is 12.0. The van der Waals surface area contributed by atoms with Crippen LogP contribution in [0.3, 0.4) is 0 Å². The van der Waals surface area contributed by atoms with Crippen LogP contribution in [0.25, 0.3) is 11.3 Å². The Labute approximate surface area is 132 Å². The first-order valence-corrected chi connectivity index (χ1v) is 7.80. The summed E-state index contributed by atoms with van der Waals surface area (Å²) in [6.07, 6.45) is 0.970. The van der Waals surface area contributed by atoms with Gasteiger partial charge < -0.3 is 14.8 Å². The van der Waals surface area contributed by atoms with Crippen LogP contribution in [0.2, 0.25) is 0 Å². The van der Waals surface area contributed by atoms with Crippen LogP contribution in [0, 0.1) is 6.92 Å². The molecule has 6 heteroatoms. The predicted octanol–water partition coefficient (Wildman–Crippen LogP) is 2.56. The van der Waals surface area contributed by atoms with Gasteiger partial charge in [-0.25, -0.2) is 4.98 Å². The number of rotatable bonds is 4. The number of fused-ring (bicyclic) bond motifs is 1. The van der Waals surface area contributed by atoms with E-state index in [-0.39, 0.29) is 12.5 Å². The van der Waals surface area contributed by atoms with Crippen LogP contribution >= 0.6 is 11.3 Å². The number of nitrogens with one attached hydrogen (secondary N) is 1. The van der Waals surface area contributed by atoms with Crippen LogP contribution in [0.15, 0.2) is 36.2 Å². The Hall–Kier alpha value is -2.34. The van der Waals surface area contributed by atoms with Crippen molar-refractivity contribution < 1.29 is 14.3 Å². The summed E-state index contributed by atoms with van der Waals surface area (Å²) in [6.45, 7) is 6.14. The predicted molar refractivity (Wildman–Crippen MR) is 85.4 cm³/mol. The van der Waals surface area contributed by atoms with Crippen molar-refractivity contribution in [3.8, 4) is 22.8 Å². The molecule has 0 aliphatic carbocycles. The van der Waals surface area contributed by atoms with Gasteiger partial charge in [-0.2, -0.15) is 0 Å². The standard InChI is InChI=1S/C16H16N2O3S/c1-3-6-17-16(19)15-8-20-13-5-4-11(7-14(13)21-15)12-9-22-10(2)18-12/h3-5,7,9,15H,1,6,8H2,2H3,(H,17,19). The molecule has 3 rings (SSSR count). The zero-order valence-corrected chi connectivity index (χ0v) is 13.0. The summed E-state index contributed by atoms with van der Waals surface area (Å²) in [5.41, 5.74) is 1.84. The number of benzene rings is 1. The van der Waals surface area contributed by atoms with E-state index in [2.05, 4.69) is 16.9 Å². The largest absolute Gasteiger partial charge is 0.485 e. The highest BCUT2D eigenvalue weighted by molar-refractivity contribution is 7.09. The van der Waals surface area contributed by atoms with Gasteiger partial charge in [-0.1, -0.05) is 6.08 Å². The number of aryl methyl sites for hydroxylation is 1. The maximum Gasteiger partial charge on any atom is 0.264 e. The fraction of sp³-hybridized carbons (Fsp3) is 0.250. The highest BCUT2D eigenvalue weighted by Crippen LogP contribution is 2.36. The second-order valence-electron chi connectivity index (χ2n) is 4.86. The number of nitrogens with zero attached hydrogens (tertiary/aromatic N) is 1. The molecule has 1 unspecified atom stereocenters. The number of carbonyl (C=O) groups excluding carboxylic acids is 1. The molecule has 0 saturated heterocycles. The third-order valence-electron chi connectivity index (χ3n) is 3.23. The molecule has 1 aliphatic rings. The van der Waals surface area contributed by atoms with Crippen molar-refractivity contribution in [1.29, 1.82) is 0 Å². The Balaban J connectivity index is 1.80. The van der Waals surface area contributed by atoms with E-state index in [1.54, 1.807) is 17.4 Å². The lowest BCUT2D eigenvalue weighted by Gasteiger charge is -2.25. The maximum absolute atomic E-state index is 12.0. The lowest BCUT2D eigenvalue weighted by Crippen LogP contribution is -2.44. The van der Waals surface area contributed by atoms with Crippen LogP contribution < -0.4 is 14.8 Å². The Morgan fingerprint density at radius 2 is 2.41 bits per heavy atom. The fourth-order valence-corrected chi connectivity index (χ4v) is 2.77. The van der Waals surface area contributed by atoms with Crippen molar-refractivity contribution in [2.45, 2.75) is 13.0 Å². The molecule has 1 aliphatic heterocycles.